The smallest absolute Gasteiger partial charge is 0.357 e. The lowest BCUT2D eigenvalue weighted by atomic mass is 10.5. The van der Waals surface area contributed by atoms with E-state index in [1.807, 2.05) is 6.92 Å². The summed E-state index contributed by atoms with van der Waals surface area (Å²) in [5, 5.41) is 8.69. The topological polar surface area (TPSA) is 55.1 Å². The molecule has 1 aromatic rings. The Hall–Kier alpha value is -0.840. The van der Waals surface area contributed by atoms with E-state index in [4.69, 9.17) is 5.11 Å². The number of nitrogens with zero attached hydrogens (tertiary/aromatic N) is 2. The largest absolute Gasteiger partial charge is 0.476 e. The van der Waals surface area contributed by atoms with E-state index >= 15 is 0 Å². The molecule has 1 aromatic heterocycles. The highest BCUT2D eigenvalue weighted by Gasteiger charge is 2.16. The summed E-state index contributed by atoms with van der Waals surface area (Å²) in [5.74, 6) is -0.293. The van der Waals surface area contributed by atoms with E-state index in [0.29, 0.717) is 17.0 Å². The second-order valence-electron chi connectivity index (χ2n) is 2.35. The molecule has 0 fully saturated rings. The first-order valence-electron chi connectivity index (χ1n) is 3.53. The molecule has 0 aliphatic rings. The Balaban J connectivity index is 3.26. The summed E-state index contributed by atoms with van der Waals surface area (Å²) >= 11 is 3.18. The van der Waals surface area contributed by atoms with Crippen molar-refractivity contribution in [1.29, 1.82) is 0 Å². The molecule has 0 spiro atoms. The van der Waals surface area contributed by atoms with Crippen molar-refractivity contribution in [1.82, 2.24) is 9.55 Å². The van der Waals surface area contributed by atoms with Crippen LogP contribution < -0.4 is 0 Å². The van der Waals surface area contributed by atoms with Crippen LogP contribution >= 0.6 is 15.9 Å². The first-order chi connectivity index (χ1) is 5.57. The number of rotatable bonds is 2. The third kappa shape index (κ3) is 1.36. The maximum absolute atomic E-state index is 10.6. The quantitative estimate of drug-likeness (QED) is 0.845. The summed E-state index contributed by atoms with van der Waals surface area (Å²) in [5.41, 5.74) is 0.0781. The number of halogens is 1. The van der Waals surface area contributed by atoms with Gasteiger partial charge in [-0.15, -0.1) is 0 Å². The van der Waals surface area contributed by atoms with E-state index in [-0.39, 0.29) is 5.69 Å². The maximum atomic E-state index is 10.6. The number of aryl methyl sites for hydroxylation is 1. The van der Waals surface area contributed by atoms with Crippen molar-refractivity contribution >= 4 is 21.9 Å². The van der Waals surface area contributed by atoms with Gasteiger partial charge in [0.25, 0.3) is 0 Å². The predicted octanol–water partition coefficient (Wildman–Crippen LogP) is 1.67. The van der Waals surface area contributed by atoms with Crippen LogP contribution in [0.2, 0.25) is 0 Å². The number of imidazole rings is 1. The monoisotopic (exact) mass is 232 g/mol. The van der Waals surface area contributed by atoms with E-state index in [9.17, 15) is 4.79 Å². The molecule has 0 amide bonds. The van der Waals surface area contributed by atoms with E-state index in [0.717, 1.165) is 0 Å². The molecular weight excluding hydrogens is 224 g/mol. The van der Waals surface area contributed by atoms with Crippen LogP contribution in [0.5, 0.6) is 0 Å². The predicted molar refractivity (Wildman–Crippen MR) is 47.3 cm³/mol. The van der Waals surface area contributed by atoms with Crippen LogP contribution in [0, 0.1) is 6.92 Å². The van der Waals surface area contributed by atoms with Crippen molar-refractivity contribution in [3.05, 3.63) is 16.1 Å². The molecule has 0 unspecified atom stereocenters. The zero-order chi connectivity index (χ0) is 9.30. The van der Waals surface area contributed by atoms with Crippen LogP contribution in [0.3, 0.4) is 0 Å². The van der Waals surface area contributed by atoms with Crippen molar-refractivity contribution in [3.63, 3.8) is 0 Å². The molecule has 4 nitrogen and oxygen atoms in total. The summed E-state index contributed by atoms with van der Waals surface area (Å²) < 4.78 is 2.33. The van der Waals surface area contributed by atoms with Crippen molar-refractivity contribution in [2.75, 3.05) is 0 Å². The molecule has 0 saturated carbocycles. The molecule has 0 aliphatic heterocycles. The number of carbonyl (C=O) groups is 1. The van der Waals surface area contributed by atoms with Gasteiger partial charge in [-0.2, -0.15) is 0 Å². The van der Waals surface area contributed by atoms with Crippen molar-refractivity contribution in [2.24, 2.45) is 0 Å². The number of carboxylic acid groups (broad SMARTS) is 1. The molecule has 0 radical (unpaired) electrons. The second kappa shape index (κ2) is 3.26. The Kier molecular flexibility index (Phi) is 2.52. The van der Waals surface area contributed by atoms with Crippen LogP contribution in [0.15, 0.2) is 4.60 Å². The van der Waals surface area contributed by atoms with Gasteiger partial charge in [0, 0.05) is 6.54 Å². The highest BCUT2D eigenvalue weighted by atomic mass is 79.9. The van der Waals surface area contributed by atoms with Crippen LogP contribution in [0.25, 0.3) is 0 Å². The minimum absolute atomic E-state index is 0.0781. The molecule has 12 heavy (non-hydrogen) atoms. The summed E-state index contributed by atoms with van der Waals surface area (Å²) in [7, 11) is 0. The molecule has 1 N–H and O–H groups in total. The maximum Gasteiger partial charge on any atom is 0.357 e. The highest BCUT2D eigenvalue weighted by Crippen LogP contribution is 2.18. The fourth-order valence-corrected chi connectivity index (χ4v) is 1.81. The van der Waals surface area contributed by atoms with E-state index in [2.05, 4.69) is 20.9 Å². The highest BCUT2D eigenvalue weighted by molar-refractivity contribution is 9.10. The van der Waals surface area contributed by atoms with Gasteiger partial charge < -0.3 is 9.67 Å². The molecule has 66 valence electrons. The molecule has 0 bridgehead atoms. The van der Waals surface area contributed by atoms with Gasteiger partial charge in [0.15, 0.2) is 5.69 Å². The third-order valence-corrected chi connectivity index (χ3v) is 2.42. The molecule has 0 saturated heterocycles. The Morgan fingerprint density at radius 1 is 1.75 bits per heavy atom. The Labute approximate surface area is 78.4 Å². The van der Waals surface area contributed by atoms with Crippen molar-refractivity contribution in [3.8, 4) is 0 Å². The Bertz CT molecular complexity index is 319. The minimum Gasteiger partial charge on any atom is -0.476 e. The second-order valence-corrected chi connectivity index (χ2v) is 3.10. The average Bonchev–Trinajstić information content (AvgIpc) is 2.27. The number of aromatic carboxylic acids is 1. The van der Waals surface area contributed by atoms with E-state index in [1.54, 1.807) is 11.5 Å². The number of carboxylic acids is 1. The Morgan fingerprint density at radius 2 is 2.33 bits per heavy atom. The lowest BCUT2D eigenvalue weighted by molar-refractivity contribution is 0.0689. The first kappa shape index (κ1) is 9.25. The molecular formula is C7H9BrN2O2. The molecule has 1 rings (SSSR count). The van der Waals surface area contributed by atoms with Crippen molar-refractivity contribution in [2.45, 2.75) is 20.4 Å². The van der Waals surface area contributed by atoms with Gasteiger partial charge in [-0.25, -0.2) is 9.78 Å². The zero-order valence-corrected chi connectivity index (χ0v) is 8.42. The number of aromatic nitrogens is 2. The lowest BCUT2D eigenvalue weighted by Gasteiger charge is -1.99. The number of hydrogen-bond acceptors (Lipinski definition) is 2. The minimum atomic E-state index is -1.00. The van der Waals surface area contributed by atoms with E-state index < -0.39 is 5.97 Å². The first-order valence-corrected chi connectivity index (χ1v) is 4.33. The number of hydrogen-bond donors (Lipinski definition) is 1. The summed E-state index contributed by atoms with van der Waals surface area (Å²) in [6.07, 6.45) is 0. The van der Waals surface area contributed by atoms with Gasteiger partial charge in [-0.1, -0.05) is 0 Å². The fourth-order valence-electron chi connectivity index (χ4n) is 1.04. The standard InChI is InChI=1S/C7H9BrN2O2/c1-3-10-4(2)9-5(6(10)8)7(11)12/h3H2,1-2H3,(H,11,12). The summed E-state index contributed by atoms with van der Waals surface area (Å²) in [4.78, 5) is 14.5. The van der Waals surface area contributed by atoms with Gasteiger partial charge in [-0.05, 0) is 29.8 Å². The van der Waals surface area contributed by atoms with Crippen LogP contribution in [0.4, 0.5) is 0 Å². The van der Waals surface area contributed by atoms with Gasteiger partial charge in [-0.3, -0.25) is 0 Å². The summed E-state index contributed by atoms with van der Waals surface area (Å²) in [6, 6.07) is 0. The van der Waals surface area contributed by atoms with Crippen LogP contribution in [-0.2, 0) is 6.54 Å². The molecule has 0 atom stereocenters. The Morgan fingerprint density at radius 3 is 2.58 bits per heavy atom. The third-order valence-electron chi connectivity index (χ3n) is 1.62. The van der Waals surface area contributed by atoms with E-state index in [1.165, 1.54) is 0 Å². The summed E-state index contributed by atoms with van der Waals surface area (Å²) in [6.45, 7) is 4.43. The van der Waals surface area contributed by atoms with Gasteiger partial charge in [0.05, 0.1) is 0 Å². The molecule has 5 heteroatoms. The van der Waals surface area contributed by atoms with Gasteiger partial charge in [0.2, 0.25) is 0 Å². The lowest BCUT2D eigenvalue weighted by Crippen LogP contribution is -1.99. The average molecular weight is 233 g/mol. The van der Waals surface area contributed by atoms with Crippen LogP contribution in [0.1, 0.15) is 23.2 Å². The normalized spacial score (nSPS) is 10.2. The van der Waals surface area contributed by atoms with Gasteiger partial charge in [0.1, 0.15) is 10.4 Å². The van der Waals surface area contributed by atoms with Crippen LogP contribution in [-0.4, -0.2) is 20.6 Å². The zero-order valence-electron chi connectivity index (χ0n) is 6.83. The molecule has 0 aliphatic carbocycles. The fraction of sp³-hybridized carbons (Fsp3) is 0.429. The van der Waals surface area contributed by atoms with Crippen molar-refractivity contribution < 1.29 is 9.90 Å². The SMILES string of the molecule is CCn1c(C)nc(C(=O)O)c1Br. The van der Waals surface area contributed by atoms with Gasteiger partial charge >= 0.3 is 5.97 Å². The molecule has 1 heterocycles. The molecule has 0 aromatic carbocycles.